The summed E-state index contributed by atoms with van der Waals surface area (Å²) in [5, 5.41) is 0. The summed E-state index contributed by atoms with van der Waals surface area (Å²) in [6.45, 7) is 7.69. The van der Waals surface area contributed by atoms with Crippen molar-refractivity contribution in [2.45, 2.75) is 20.8 Å². The molecule has 0 aliphatic heterocycles. The van der Waals surface area contributed by atoms with E-state index in [0.29, 0.717) is 28.8 Å². The van der Waals surface area contributed by atoms with E-state index in [4.69, 9.17) is 5.73 Å². The number of carbonyl (C=O) groups excluding carboxylic acids is 1. The van der Waals surface area contributed by atoms with Crippen LogP contribution in [0.4, 0.5) is 4.39 Å². The zero-order valence-electron chi connectivity index (χ0n) is 11.5. The fraction of sp³-hybridized carbons (Fsp3) is 0.500. The van der Waals surface area contributed by atoms with Gasteiger partial charge in [0.05, 0.1) is 5.56 Å². The maximum Gasteiger partial charge on any atom is 0.254 e. The lowest BCUT2D eigenvalue weighted by Crippen LogP contribution is -2.42. The number of hydrogen-bond donors (Lipinski definition) is 1. The summed E-state index contributed by atoms with van der Waals surface area (Å²) in [7, 11) is 0. The largest absolute Gasteiger partial charge is 0.338 e. The van der Waals surface area contributed by atoms with Crippen LogP contribution in [0.3, 0.4) is 0 Å². The molecule has 0 aliphatic rings. The molecule has 0 radical (unpaired) electrons. The molecule has 1 aromatic carbocycles. The number of benzene rings is 1. The van der Waals surface area contributed by atoms with Gasteiger partial charge in [0.1, 0.15) is 5.82 Å². The standard InChI is InChI=1S/C14H20FIN2O/c1-4-18(9-14(2,3)8-17)13(19)11-6-5-10(15)7-12(11)16/h5-7H,4,8-9,17H2,1-3H3. The molecule has 0 aromatic heterocycles. The van der Waals surface area contributed by atoms with Crippen LogP contribution in [0.15, 0.2) is 18.2 Å². The monoisotopic (exact) mass is 378 g/mol. The number of nitrogens with two attached hydrogens (primary N) is 1. The van der Waals surface area contributed by atoms with Crippen LogP contribution in [0.1, 0.15) is 31.1 Å². The average molecular weight is 378 g/mol. The summed E-state index contributed by atoms with van der Waals surface area (Å²) in [6.07, 6.45) is 0. The second-order valence-electron chi connectivity index (χ2n) is 5.31. The fourth-order valence-electron chi connectivity index (χ4n) is 1.74. The summed E-state index contributed by atoms with van der Waals surface area (Å²) in [6, 6.07) is 4.23. The topological polar surface area (TPSA) is 46.3 Å². The molecule has 0 spiro atoms. The first-order valence-corrected chi connectivity index (χ1v) is 7.33. The zero-order valence-corrected chi connectivity index (χ0v) is 13.7. The van der Waals surface area contributed by atoms with Gasteiger partial charge in [-0.25, -0.2) is 4.39 Å². The maximum atomic E-state index is 13.1. The summed E-state index contributed by atoms with van der Waals surface area (Å²) in [4.78, 5) is 14.2. The van der Waals surface area contributed by atoms with E-state index in [1.165, 1.54) is 18.2 Å². The minimum atomic E-state index is -0.328. The van der Waals surface area contributed by atoms with Gasteiger partial charge in [0.2, 0.25) is 0 Å². The van der Waals surface area contributed by atoms with Gasteiger partial charge in [-0.15, -0.1) is 0 Å². The van der Waals surface area contributed by atoms with Crippen LogP contribution in [0, 0.1) is 14.8 Å². The number of carbonyl (C=O) groups is 1. The van der Waals surface area contributed by atoms with E-state index >= 15 is 0 Å². The van der Waals surface area contributed by atoms with Crippen LogP contribution < -0.4 is 5.73 Å². The molecule has 3 nitrogen and oxygen atoms in total. The lowest BCUT2D eigenvalue weighted by Gasteiger charge is -2.31. The van der Waals surface area contributed by atoms with Gasteiger partial charge in [-0.3, -0.25) is 4.79 Å². The van der Waals surface area contributed by atoms with Crippen LogP contribution >= 0.6 is 22.6 Å². The van der Waals surface area contributed by atoms with Crippen molar-refractivity contribution in [2.75, 3.05) is 19.6 Å². The lowest BCUT2D eigenvalue weighted by molar-refractivity contribution is 0.0699. The van der Waals surface area contributed by atoms with Gasteiger partial charge in [0.15, 0.2) is 0 Å². The normalized spacial score (nSPS) is 11.5. The first-order valence-electron chi connectivity index (χ1n) is 6.25. The molecule has 0 saturated heterocycles. The van der Waals surface area contributed by atoms with Crippen molar-refractivity contribution in [1.29, 1.82) is 0 Å². The van der Waals surface area contributed by atoms with Gasteiger partial charge in [0, 0.05) is 16.7 Å². The Labute approximate surface area is 127 Å². The highest BCUT2D eigenvalue weighted by Gasteiger charge is 2.24. The Morgan fingerprint density at radius 1 is 1.47 bits per heavy atom. The molecule has 106 valence electrons. The van der Waals surface area contributed by atoms with Crippen molar-refractivity contribution in [3.63, 3.8) is 0 Å². The maximum absolute atomic E-state index is 13.1. The number of nitrogens with zero attached hydrogens (tertiary/aromatic N) is 1. The van der Waals surface area contributed by atoms with E-state index in [0.717, 1.165) is 0 Å². The number of rotatable bonds is 5. The Kier molecular flexibility index (Phi) is 5.73. The van der Waals surface area contributed by atoms with Crippen molar-refractivity contribution >= 4 is 28.5 Å². The quantitative estimate of drug-likeness (QED) is 0.801. The SMILES string of the molecule is CCN(CC(C)(C)CN)C(=O)c1ccc(F)cc1I. The van der Waals surface area contributed by atoms with Gasteiger partial charge in [-0.1, -0.05) is 13.8 Å². The third-order valence-corrected chi connectivity index (χ3v) is 3.89. The van der Waals surface area contributed by atoms with Crippen LogP contribution in [0.5, 0.6) is 0 Å². The van der Waals surface area contributed by atoms with Crippen molar-refractivity contribution < 1.29 is 9.18 Å². The van der Waals surface area contributed by atoms with Gasteiger partial charge >= 0.3 is 0 Å². The first-order chi connectivity index (χ1) is 8.80. The zero-order chi connectivity index (χ0) is 14.6. The second kappa shape index (κ2) is 6.65. The van der Waals surface area contributed by atoms with E-state index in [1.807, 2.05) is 43.4 Å². The first kappa shape index (κ1) is 16.4. The molecule has 0 fully saturated rings. The number of hydrogen-bond acceptors (Lipinski definition) is 2. The van der Waals surface area contributed by atoms with E-state index in [2.05, 4.69) is 0 Å². The van der Waals surface area contributed by atoms with Gasteiger partial charge in [-0.05, 0) is 59.7 Å². The van der Waals surface area contributed by atoms with E-state index < -0.39 is 0 Å². The predicted molar refractivity (Wildman–Crippen MR) is 83.5 cm³/mol. The van der Waals surface area contributed by atoms with Crippen LogP contribution in [0.2, 0.25) is 0 Å². The van der Waals surface area contributed by atoms with E-state index in [9.17, 15) is 9.18 Å². The Morgan fingerprint density at radius 2 is 2.11 bits per heavy atom. The van der Waals surface area contributed by atoms with Crippen LogP contribution in [-0.4, -0.2) is 30.4 Å². The molecule has 0 atom stereocenters. The van der Waals surface area contributed by atoms with Crippen LogP contribution in [-0.2, 0) is 0 Å². The summed E-state index contributed by atoms with van der Waals surface area (Å²) < 4.78 is 13.7. The average Bonchev–Trinajstić information content (AvgIpc) is 2.35. The molecule has 0 unspecified atom stereocenters. The van der Waals surface area contributed by atoms with Crippen molar-refractivity contribution in [3.8, 4) is 0 Å². The fourth-order valence-corrected chi connectivity index (χ4v) is 2.45. The molecule has 19 heavy (non-hydrogen) atoms. The predicted octanol–water partition coefficient (Wildman–Crippen LogP) is 2.88. The molecule has 0 heterocycles. The third kappa shape index (κ3) is 4.42. The second-order valence-corrected chi connectivity index (χ2v) is 6.47. The number of halogens is 2. The summed E-state index contributed by atoms with van der Waals surface area (Å²) >= 11 is 1.99. The molecule has 5 heteroatoms. The Hall–Kier alpha value is -0.690. The Morgan fingerprint density at radius 3 is 2.58 bits per heavy atom. The van der Waals surface area contributed by atoms with Crippen molar-refractivity contribution in [2.24, 2.45) is 11.1 Å². The van der Waals surface area contributed by atoms with Gasteiger partial charge in [-0.2, -0.15) is 0 Å². The molecule has 1 aromatic rings. The Bertz CT molecular complexity index is 463. The minimum Gasteiger partial charge on any atom is -0.338 e. The molecule has 0 aliphatic carbocycles. The van der Waals surface area contributed by atoms with E-state index in [1.54, 1.807) is 4.90 Å². The molecule has 2 N–H and O–H groups in total. The molecular weight excluding hydrogens is 358 g/mol. The minimum absolute atomic E-state index is 0.0755. The van der Waals surface area contributed by atoms with Crippen LogP contribution in [0.25, 0.3) is 0 Å². The van der Waals surface area contributed by atoms with Gasteiger partial charge < -0.3 is 10.6 Å². The molecule has 0 saturated carbocycles. The van der Waals surface area contributed by atoms with E-state index in [-0.39, 0.29) is 17.1 Å². The van der Waals surface area contributed by atoms with Gasteiger partial charge in [0.25, 0.3) is 5.91 Å². The highest BCUT2D eigenvalue weighted by Crippen LogP contribution is 2.20. The summed E-state index contributed by atoms with van der Waals surface area (Å²) in [5.41, 5.74) is 6.12. The smallest absolute Gasteiger partial charge is 0.254 e. The highest BCUT2D eigenvalue weighted by atomic mass is 127. The summed E-state index contributed by atoms with van der Waals surface area (Å²) in [5.74, 6) is -0.403. The third-order valence-electron chi connectivity index (χ3n) is 3.00. The van der Waals surface area contributed by atoms with Crippen molar-refractivity contribution in [3.05, 3.63) is 33.1 Å². The molecule has 1 rings (SSSR count). The lowest BCUT2D eigenvalue weighted by atomic mass is 9.93. The molecule has 0 bridgehead atoms. The van der Waals surface area contributed by atoms with Crippen molar-refractivity contribution in [1.82, 2.24) is 4.90 Å². The molecular formula is C14H20FIN2O. The molecule has 1 amide bonds. The number of amides is 1. The highest BCUT2D eigenvalue weighted by molar-refractivity contribution is 14.1. The Balaban J connectivity index is 2.96.